The van der Waals surface area contributed by atoms with Crippen molar-refractivity contribution in [2.24, 2.45) is 16.9 Å². The largest absolute Gasteiger partial charge is 0.354 e. The molecule has 10 heteroatoms. The van der Waals surface area contributed by atoms with Gasteiger partial charge in [0.15, 0.2) is 0 Å². The highest BCUT2D eigenvalue weighted by Gasteiger charge is 2.52. The van der Waals surface area contributed by atoms with E-state index in [1.165, 1.54) is 16.6 Å². The van der Waals surface area contributed by atoms with Crippen molar-refractivity contribution in [3.63, 3.8) is 0 Å². The van der Waals surface area contributed by atoms with Crippen molar-refractivity contribution in [2.45, 2.75) is 50.6 Å². The Morgan fingerprint density at radius 2 is 1.80 bits per heavy atom. The van der Waals surface area contributed by atoms with Crippen LogP contribution >= 0.6 is 12.4 Å². The minimum Gasteiger partial charge on any atom is -0.328 e. The van der Waals surface area contributed by atoms with Crippen LogP contribution in [0.25, 0.3) is 5.69 Å². The van der Waals surface area contributed by atoms with Gasteiger partial charge in [-0.05, 0) is 75.4 Å². The first-order valence-corrected chi connectivity index (χ1v) is 12.4. The Bertz CT molecular complexity index is 1080. The molecule has 190 valence electrons. The van der Waals surface area contributed by atoms with E-state index in [0.717, 1.165) is 70.5 Å². The topological polar surface area (TPSA) is 123 Å². The van der Waals surface area contributed by atoms with Crippen LogP contribution in [0, 0.1) is 5.41 Å². The molecule has 5 rings (SSSR count). The third-order valence-corrected chi connectivity index (χ3v) is 7.57. The van der Waals surface area contributed by atoms with Crippen LogP contribution in [0.2, 0.25) is 0 Å². The maximum Gasteiger partial charge on any atom is 0.354 e. The van der Waals surface area contributed by atoms with Crippen LogP contribution in [0.1, 0.15) is 37.7 Å². The van der Waals surface area contributed by atoms with E-state index in [-0.39, 0.29) is 35.7 Å². The summed E-state index contributed by atoms with van der Waals surface area (Å²) in [5, 5.41) is 2.74. The molecule has 2 aromatic rings. The number of nitrogens with zero attached hydrogens (tertiary/aromatic N) is 4. The summed E-state index contributed by atoms with van der Waals surface area (Å²) in [6.45, 7) is 4.65. The van der Waals surface area contributed by atoms with E-state index in [1.54, 1.807) is 17.2 Å². The molecule has 2 saturated heterocycles. The van der Waals surface area contributed by atoms with E-state index in [9.17, 15) is 9.59 Å². The quantitative estimate of drug-likeness (QED) is 0.575. The predicted octanol–water partition coefficient (Wildman–Crippen LogP) is 1.97. The lowest BCUT2D eigenvalue weighted by atomic mass is 9.61. The number of carbonyl (C=O) groups excluding carboxylic acids is 1. The summed E-state index contributed by atoms with van der Waals surface area (Å²) in [5.74, 6) is 0.270. The van der Waals surface area contributed by atoms with Gasteiger partial charge in [0.2, 0.25) is 0 Å². The highest BCUT2D eigenvalue weighted by molar-refractivity contribution is 5.89. The van der Waals surface area contributed by atoms with E-state index in [4.69, 9.17) is 11.5 Å². The smallest absolute Gasteiger partial charge is 0.328 e. The zero-order valence-corrected chi connectivity index (χ0v) is 20.9. The Balaban J connectivity index is 0.00000289. The van der Waals surface area contributed by atoms with Gasteiger partial charge in [-0.2, -0.15) is 4.98 Å². The summed E-state index contributed by atoms with van der Waals surface area (Å²) >= 11 is 0. The van der Waals surface area contributed by atoms with Gasteiger partial charge in [-0.1, -0.05) is 12.1 Å². The lowest BCUT2D eigenvalue weighted by Gasteiger charge is -2.58. The number of aromatic nitrogens is 2. The number of anilines is 1. The average Bonchev–Trinajstić information content (AvgIpc) is 2.98. The molecule has 1 aliphatic carbocycles. The van der Waals surface area contributed by atoms with Gasteiger partial charge in [-0.15, -0.1) is 12.4 Å². The molecular weight excluding hydrogens is 466 g/mol. The number of carbonyl (C=O) groups is 1. The molecule has 35 heavy (non-hydrogen) atoms. The van der Waals surface area contributed by atoms with Crippen molar-refractivity contribution in [1.82, 2.24) is 19.4 Å². The van der Waals surface area contributed by atoms with E-state index in [1.807, 2.05) is 12.1 Å². The molecule has 1 saturated carbocycles. The van der Waals surface area contributed by atoms with Gasteiger partial charge in [0, 0.05) is 43.3 Å². The molecule has 3 heterocycles. The van der Waals surface area contributed by atoms with Crippen molar-refractivity contribution < 1.29 is 4.79 Å². The van der Waals surface area contributed by atoms with Crippen molar-refractivity contribution in [3.05, 3.63) is 52.6 Å². The molecule has 3 fully saturated rings. The molecule has 1 atom stereocenters. The standard InChI is InChI=1S/C25H35N7O2.ClH/c26-19-2-1-10-30(12-8-19)11-7-18-3-5-21(6-4-18)32-13-9-22(29-24(32)34)28-23(33)31-16-25(17-31)14-20(27)15-25;/h3-6,9,13,19-20H,1-2,7-8,10-12,14-17,26-27H2,(H,28,29,33,34);1H. The SMILES string of the molecule is Cl.NC1CCCN(CCc2ccc(-n3ccc(NC(=O)N4CC5(CC(N)C5)C4)nc3=O)cc2)CC1. The van der Waals surface area contributed by atoms with E-state index >= 15 is 0 Å². The van der Waals surface area contributed by atoms with Crippen molar-refractivity contribution in [1.29, 1.82) is 0 Å². The van der Waals surface area contributed by atoms with E-state index in [2.05, 4.69) is 27.3 Å². The number of hydrogen-bond acceptors (Lipinski definition) is 6. The molecule has 1 spiro atoms. The van der Waals surface area contributed by atoms with Crippen LogP contribution in [0.4, 0.5) is 10.6 Å². The number of amides is 2. The Kier molecular flexibility index (Phi) is 7.80. The Morgan fingerprint density at radius 3 is 2.49 bits per heavy atom. The van der Waals surface area contributed by atoms with Crippen LogP contribution in [0.15, 0.2) is 41.3 Å². The second kappa shape index (κ2) is 10.7. The molecule has 2 aliphatic heterocycles. The van der Waals surface area contributed by atoms with Gasteiger partial charge in [0.1, 0.15) is 5.82 Å². The minimum absolute atomic E-state index is 0. The second-order valence-corrected chi connectivity index (χ2v) is 10.4. The minimum atomic E-state index is -0.420. The van der Waals surface area contributed by atoms with Gasteiger partial charge in [-0.25, -0.2) is 9.59 Å². The maximum absolute atomic E-state index is 12.6. The maximum atomic E-state index is 12.6. The van der Waals surface area contributed by atoms with Crippen molar-refractivity contribution in [2.75, 3.05) is 38.0 Å². The Labute approximate surface area is 212 Å². The summed E-state index contributed by atoms with van der Waals surface area (Å²) < 4.78 is 1.49. The fraction of sp³-hybridized carbons (Fsp3) is 0.560. The summed E-state index contributed by atoms with van der Waals surface area (Å²) in [7, 11) is 0. The lowest BCUT2D eigenvalue weighted by molar-refractivity contribution is -0.0418. The third kappa shape index (κ3) is 5.86. The third-order valence-electron chi connectivity index (χ3n) is 7.57. The zero-order valence-electron chi connectivity index (χ0n) is 20.1. The van der Waals surface area contributed by atoms with Crippen LogP contribution in [-0.4, -0.2) is 70.2 Å². The number of nitrogens with one attached hydrogen (secondary N) is 1. The summed E-state index contributed by atoms with van der Waals surface area (Å²) in [5.41, 5.74) is 13.8. The summed E-state index contributed by atoms with van der Waals surface area (Å²) in [4.78, 5) is 33.3. The Hall–Kier alpha value is -2.46. The molecule has 1 aromatic carbocycles. The van der Waals surface area contributed by atoms with Crippen LogP contribution in [-0.2, 0) is 6.42 Å². The van der Waals surface area contributed by atoms with Gasteiger partial charge < -0.3 is 21.3 Å². The van der Waals surface area contributed by atoms with Crippen LogP contribution in [0.3, 0.4) is 0 Å². The fourth-order valence-electron chi connectivity index (χ4n) is 5.59. The molecule has 0 radical (unpaired) electrons. The van der Waals surface area contributed by atoms with E-state index < -0.39 is 5.69 Å². The monoisotopic (exact) mass is 501 g/mol. The molecular formula is C25H36ClN7O2. The molecule has 1 aromatic heterocycles. The lowest BCUT2D eigenvalue weighted by Crippen LogP contribution is -2.67. The van der Waals surface area contributed by atoms with Crippen molar-refractivity contribution in [3.8, 4) is 5.69 Å². The predicted molar refractivity (Wildman–Crippen MR) is 139 cm³/mol. The van der Waals surface area contributed by atoms with Crippen molar-refractivity contribution >= 4 is 24.3 Å². The molecule has 1 unspecified atom stereocenters. The van der Waals surface area contributed by atoms with Gasteiger partial charge >= 0.3 is 11.7 Å². The average molecular weight is 502 g/mol. The van der Waals surface area contributed by atoms with E-state index in [0.29, 0.717) is 6.04 Å². The number of halogens is 1. The molecule has 9 nitrogen and oxygen atoms in total. The Morgan fingerprint density at radius 1 is 1.06 bits per heavy atom. The molecule has 2 amide bonds. The number of benzene rings is 1. The first-order valence-electron chi connectivity index (χ1n) is 12.4. The number of likely N-dealkylation sites (tertiary alicyclic amines) is 2. The molecule has 0 bridgehead atoms. The number of hydrogen-bond donors (Lipinski definition) is 3. The summed E-state index contributed by atoms with van der Waals surface area (Å²) in [6, 6.07) is 10.1. The summed E-state index contributed by atoms with van der Waals surface area (Å²) in [6.07, 6.45) is 7.94. The number of rotatable bonds is 5. The van der Waals surface area contributed by atoms with Gasteiger partial charge in [-0.3, -0.25) is 9.88 Å². The van der Waals surface area contributed by atoms with Crippen LogP contribution in [0.5, 0.6) is 0 Å². The van der Waals surface area contributed by atoms with Gasteiger partial charge in [0.25, 0.3) is 0 Å². The first-order chi connectivity index (χ1) is 16.4. The first kappa shape index (κ1) is 25.6. The second-order valence-electron chi connectivity index (χ2n) is 10.4. The van der Waals surface area contributed by atoms with Gasteiger partial charge in [0.05, 0.1) is 5.69 Å². The normalized spacial score (nSPS) is 22.0. The fourth-order valence-corrected chi connectivity index (χ4v) is 5.59. The molecule has 3 aliphatic rings. The number of nitrogens with two attached hydrogens (primary N) is 2. The number of urea groups is 1. The zero-order chi connectivity index (χ0) is 23.7. The molecule has 5 N–H and O–H groups in total. The highest BCUT2D eigenvalue weighted by atomic mass is 35.5. The van der Waals surface area contributed by atoms with Crippen LogP contribution < -0.4 is 22.5 Å². The highest BCUT2D eigenvalue weighted by Crippen LogP contribution is 2.47.